The maximum atomic E-state index is 5.98. The van der Waals surface area contributed by atoms with Crippen LogP contribution in [0, 0.1) is 0 Å². The molecule has 2 aromatic heterocycles. The summed E-state index contributed by atoms with van der Waals surface area (Å²) < 4.78 is 22.9. The Morgan fingerprint density at radius 2 is 1.19 bits per heavy atom. The summed E-state index contributed by atoms with van der Waals surface area (Å²) >= 11 is 0. The maximum absolute atomic E-state index is 5.98. The van der Waals surface area contributed by atoms with Crippen molar-refractivity contribution in [3.63, 3.8) is 0 Å². The average Bonchev–Trinajstić information content (AvgIpc) is 3.36. The lowest BCUT2D eigenvalue weighted by molar-refractivity contribution is 0.0668. The van der Waals surface area contributed by atoms with Crippen LogP contribution < -0.4 is 9.47 Å². The third kappa shape index (κ3) is 2.98. The molecule has 0 fully saturated rings. The molecule has 0 saturated carbocycles. The van der Waals surface area contributed by atoms with Crippen molar-refractivity contribution >= 4 is 0 Å². The van der Waals surface area contributed by atoms with E-state index in [1.807, 2.05) is 36.4 Å². The number of rotatable bonds is 4. The summed E-state index contributed by atoms with van der Waals surface area (Å²) in [5.41, 5.74) is 2.40. The molecule has 4 heterocycles. The van der Waals surface area contributed by atoms with Crippen molar-refractivity contribution < 1.29 is 18.3 Å². The van der Waals surface area contributed by atoms with Crippen molar-refractivity contribution in [2.45, 2.75) is 26.2 Å². The second kappa shape index (κ2) is 6.55. The van der Waals surface area contributed by atoms with Gasteiger partial charge in [0.2, 0.25) is 0 Å². The van der Waals surface area contributed by atoms with Crippen LogP contribution in [0.1, 0.15) is 22.6 Å². The van der Waals surface area contributed by atoms with E-state index in [0.717, 1.165) is 49.2 Å². The van der Waals surface area contributed by atoms with Crippen LogP contribution in [0.25, 0.3) is 0 Å². The number of ether oxygens (including phenoxy) is 2. The standard InChI is InChI=1S/C20H20N2O4/c1-3-15(23-7-1)9-21-11-17-18-12-22(10-16-4-2-8-24-16)14-26-20(18)6-5-19(17)25-13-21/h1-8H,9-14H2. The van der Waals surface area contributed by atoms with Gasteiger partial charge in [-0.25, -0.2) is 0 Å². The van der Waals surface area contributed by atoms with Crippen LogP contribution >= 0.6 is 0 Å². The van der Waals surface area contributed by atoms with E-state index in [1.54, 1.807) is 12.5 Å². The van der Waals surface area contributed by atoms with E-state index in [-0.39, 0.29) is 0 Å². The molecule has 134 valence electrons. The summed E-state index contributed by atoms with van der Waals surface area (Å²) in [5, 5.41) is 0. The van der Waals surface area contributed by atoms with Gasteiger partial charge in [-0.2, -0.15) is 0 Å². The fourth-order valence-corrected chi connectivity index (χ4v) is 3.58. The minimum absolute atomic E-state index is 0.559. The minimum Gasteiger partial charge on any atom is -0.478 e. The van der Waals surface area contributed by atoms with E-state index in [2.05, 4.69) is 9.80 Å². The quantitative estimate of drug-likeness (QED) is 0.715. The van der Waals surface area contributed by atoms with Crippen LogP contribution in [0.2, 0.25) is 0 Å². The van der Waals surface area contributed by atoms with Gasteiger partial charge in [0.05, 0.1) is 25.6 Å². The number of benzene rings is 1. The van der Waals surface area contributed by atoms with Crippen LogP contribution in [0.3, 0.4) is 0 Å². The molecule has 0 atom stereocenters. The number of hydrogen-bond acceptors (Lipinski definition) is 6. The Hall–Kier alpha value is -2.70. The normalized spacial score (nSPS) is 17.2. The first-order chi connectivity index (χ1) is 12.8. The molecule has 0 aliphatic carbocycles. The van der Waals surface area contributed by atoms with Crippen molar-refractivity contribution in [2.24, 2.45) is 0 Å². The van der Waals surface area contributed by atoms with Gasteiger partial charge in [0.1, 0.15) is 36.5 Å². The predicted octanol–water partition coefficient (Wildman–Crippen LogP) is 3.58. The van der Waals surface area contributed by atoms with Crippen LogP contribution in [0.4, 0.5) is 0 Å². The van der Waals surface area contributed by atoms with Gasteiger partial charge in [-0.1, -0.05) is 0 Å². The molecular weight excluding hydrogens is 332 g/mol. The van der Waals surface area contributed by atoms with Crippen LogP contribution in [0.15, 0.2) is 57.8 Å². The zero-order valence-corrected chi connectivity index (χ0v) is 14.4. The lowest BCUT2D eigenvalue weighted by atomic mass is 10.0. The first kappa shape index (κ1) is 15.5. The number of hydrogen-bond donors (Lipinski definition) is 0. The lowest BCUT2D eigenvalue weighted by Crippen LogP contribution is -2.35. The third-order valence-corrected chi connectivity index (χ3v) is 4.83. The highest BCUT2D eigenvalue weighted by Gasteiger charge is 2.27. The molecule has 2 aliphatic rings. The van der Waals surface area contributed by atoms with Crippen molar-refractivity contribution in [1.82, 2.24) is 9.80 Å². The lowest BCUT2D eigenvalue weighted by Gasteiger charge is -2.34. The average molecular weight is 352 g/mol. The molecule has 5 rings (SSSR count). The van der Waals surface area contributed by atoms with Crippen molar-refractivity contribution in [3.8, 4) is 11.5 Å². The first-order valence-corrected chi connectivity index (χ1v) is 8.75. The highest BCUT2D eigenvalue weighted by atomic mass is 16.5. The maximum Gasteiger partial charge on any atom is 0.142 e. The molecule has 6 heteroatoms. The van der Waals surface area contributed by atoms with Gasteiger partial charge >= 0.3 is 0 Å². The van der Waals surface area contributed by atoms with Gasteiger partial charge < -0.3 is 18.3 Å². The topological polar surface area (TPSA) is 51.2 Å². The van der Waals surface area contributed by atoms with Crippen LogP contribution in [0.5, 0.6) is 11.5 Å². The number of nitrogens with zero attached hydrogens (tertiary/aromatic N) is 2. The molecular formula is C20H20N2O4. The molecule has 3 aromatic rings. The van der Waals surface area contributed by atoms with Gasteiger partial charge in [-0.15, -0.1) is 0 Å². The Morgan fingerprint density at radius 3 is 1.62 bits per heavy atom. The second-order valence-corrected chi connectivity index (χ2v) is 6.70. The number of furan rings is 2. The SMILES string of the molecule is c1coc(CN2COc3ccc4c(c3C2)CN(Cc2ccco2)CO4)c1. The summed E-state index contributed by atoms with van der Waals surface area (Å²) in [4.78, 5) is 4.46. The molecule has 0 N–H and O–H groups in total. The summed E-state index contributed by atoms with van der Waals surface area (Å²) in [5.74, 6) is 3.78. The predicted molar refractivity (Wildman–Crippen MR) is 93.3 cm³/mol. The highest BCUT2D eigenvalue weighted by Crippen LogP contribution is 2.37. The van der Waals surface area contributed by atoms with E-state index in [4.69, 9.17) is 18.3 Å². The largest absolute Gasteiger partial charge is 0.478 e. The molecule has 0 radical (unpaired) electrons. The van der Waals surface area contributed by atoms with E-state index in [0.29, 0.717) is 13.5 Å². The Morgan fingerprint density at radius 1 is 0.692 bits per heavy atom. The Kier molecular flexibility index (Phi) is 3.92. The summed E-state index contributed by atoms with van der Waals surface area (Å²) in [7, 11) is 0. The van der Waals surface area contributed by atoms with Crippen LogP contribution in [-0.2, 0) is 26.2 Å². The van der Waals surface area contributed by atoms with Crippen molar-refractivity contribution in [2.75, 3.05) is 13.5 Å². The van der Waals surface area contributed by atoms with E-state index >= 15 is 0 Å². The molecule has 0 amide bonds. The summed E-state index contributed by atoms with van der Waals surface area (Å²) in [6.45, 7) is 4.21. The van der Waals surface area contributed by atoms with Gasteiger partial charge in [-0.3, -0.25) is 9.80 Å². The fraction of sp³-hybridized carbons (Fsp3) is 0.300. The van der Waals surface area contributed by atoms with Gasteiger partial charge in [0.15, 0.2) is 0 Å². The first-order valence-electron chi connectivity index (χ1n) is 8.75. The zero-order chi connectivity index (χ0) is 17.3. The fourth-order valence-electron chi connectivity index (χ4n) is 3.58. The Balaban J connectivity index is 1.37. The van der Waals surface area contributed by atoms with Crippen molar-refractivity contribution in [1.29, 1.82) is 0 Å². The monoisotopic (exact) mass is 352 g/mol. The highest BCUT2D eigenvalue weighted by molar-refractivity contribution is 5.50. The zero-order valence-electron chi connectivity index (χ0n) is 14.4. The molecule has 26 heavy (non-hydrogen) atoms. The van der Waals surface area contributed by atoms with Gasteiger partial charge in [0, 0.05) is 24.2 Å². The smallest absolute Gasteiger partial charge is 0.142 e. The molecule has 0 unspecified atom stereocenters. The Labute approximate surface area is 151 Å². The van der Waals surface area contributed by atoms with E-state index in [9.17, 15) is 0 Å². The van der Waals surface area contributed by atoms with Crippen LogP contribution in [-0.4, -0.2) is 23.3 Å². The Bertz CT molecular complexity index is 800. The molecule has 6 nitrogen and oxygen atoms in total. The summed E-state index contributed by atoms with van der Waals surface area (Å²) in [6, 6.07) is 11.8. The minimum atomic E-state index is 0.559. The van der Waals surface area contributed by atoms with E-state index in [1.165, 1.54) is 11.1 Å². The van der Waals surface area contributed by atoms with Gasteiger partial charge in [-0.05, 0) is 36.4 Å². The van der Waals surface area contributed by atoms with E-state index < -0.39 is 0 Å². The molecule has 2 aliphatic heterocycles. The summed E-state index contributed by atoms with van der Waals surface area (Å²) in [6.07, 6.45) is 3.41. The third-order valence-electron chi connectivity index (χ3n) is 4.83. The number of fused-ring (bicyclic) bond motifs is 3. The molecule has 0 spiro atoms. The molecule has 1 aromatic carbocycles. The molecule has 0 saturated heterocycles. The van der Waals surface area contributed by atoms with Crippen molar-refractivity contribution in [3.05, 3.63) is 71.6 Å². The molecule has 0 bridgehead atoms. The second-order valence-electron chi connectivity index (χ2n) is 6.70. The van der Waals surface area contributed by atoms with Gasteiger partial charge in [0.25, 0.3) is 0 Å².